The third kappa shape index (κ3) is 5.63. The van der Waals surface area contributed by atoms with Gasteiger partial charge in [-0.1, -0.05) is 20.8 Å². The van der Waals surface area contributed by atoms with Crippen LogP contribution in [0.5, 0.6) is 11.5 Å². The van der Waals surface area contributed by atoms with Crippen LogP contribution in [0.15, 0.2) is 18.2 Å². The summed E-state index contributed by atoms with van der Waals surface area (Å²) in [6.07, 6.45) is 1.99. The summed E-state index contributed by atoms with van der Waals surface area (Å²) in [5.41, 5.74) is 3.21. The Morgan fingerprint density at radius 1 is 1.29 bits per heavy atom. The summed E-state index contributed by atoms with van der Waals surface area (Å²) in [7, 11) is 1.66. The fourth-order valence-electron chi connectivity index (χ4n) is 1.99. The minimum atomic E-state index is -0.144. The molecule has 0 atom stereocenters. The average molecular weight is 294 g/mol. The second kappa shape index (κ2) is 7.88. The van der Waals surface area contributed by atoms with Gasteiger partial charge in [0.15, 0.2) is 0 Å². The van der Waals surface area contributed by atoms with Crippen molar-refractivity contribution in [2.45, 2.75) is 45.4 Å². The van der Waals surface area contributed by atoms with Gasteiger partial charge in [-0.2, -0.15) is 0 Å². The maximum absolute atomic E-state index is 11.0. The van der Waals surface area contributed by atoms with E-state index in [1.165, 1.54) is 0 Å². The van der Waals surface area contributed by atoms with Gasteiger partial charge < -0.3 is 9.47 Å². The van der Waals surface area contributed by atoms with Crippen molar-refractivity contribution in [2.24, 2.45) is 5.84 Å². The van der Waals surface area contributed by atoms with E-state index in [1.54, 1.807) is 7.11 Å². The van der Waals surface area contributed by atoms with Crippen molar-refractivity contribution in [3.05, 3.63) is 23.8 Å². The highest BCUT2D eigenvalue weighted by Gasteiger charge is 2.19. The topological polar surface area (TPSA) is 73.6 Å². The lowest BCUT2D eigenvalue weighted by atomic mass is 9.86. The van der Waals surface area contributed by atoms with E-state index in [0.717, 1.165) is 29.9 Å². The summed E-state index contributed by atoms with van der Waals surface area (Å²) in [4.78, 5) is 11.0. The smallest absolute Gasteiger partial charge is 0.233 e. The van der Waals surface area contributed by atoms with E-state index in [4.69, 9.17) is 15.3 Å². The van der Waals surface area contributed by atoms with E-state index < -0.39 is 0 Å². The first-order chi connectivity index (χ1) is 9.88. The Balaban J connectivity index is 2.60. The molecule has 0 unspecified atom stereocenters. The van der Waals surface area contributed by atoms with Gasteiger partial charge in [-0.25, -0.2) is 5.84 Å². The summed E-state index contributed by atoms with van der Waals surface area (Å²) in [5, 5.41) is 0. The standard InChI is InChI=1S/C16H26N2O3/c1-16(2,3)13-11-12(20-4)8-9-14(13)21-10-6-5-7-15(19)18-17/h8-9,11H,5-7,10,17H2,1-4H3,(H,18,19). The number of carbonyl (C=O) groups is 1. The van der Waals surface area contributed by atoms with Crippen LogP contribution >= 0.6 is 0 Å². The first-order valence-corrected chi connectivity index (χ1v) is 7.19. The minimum Gasteiger partial charge on any atom is -0.497 e. The molecule has 0 fully saturated rings. The Kier molecular flexibility index (Phi) is 6.49. The monoisotopic (exact) mass is 294 g/mol. The molecule has 0 bridgehead atoms. The Bertz CT molecular complexity index is 467. The zero-order valence-corrected chi connectivity index (χ0v) is 13.4. The zero-order valence-electron chi connectivity index (χ0n) is 13.4. The number of methoxy groups -OCH3 is 1. The molecule has 21 heavy (non-hydrogen) atoms. The van der Waals surface area contributed by atoms with Crippen LogP contribution in [0.25, 0.3) is 0 Å². The lowest BCUT2D eigenvalue weighted by Gasteiger charge is -2.23. The predicted molar refractivity (Wildman–Crippen MR) is 83.4 cm³/mol. The van der Waals surface area contributed by atoms with Crippen molar-refractivity contribution in [3.8, 4) is 11.5 Å². The number of unbranched alkanes of at least 4 members (excludes halogenated alkanes) is 1. The van der Waals surface area contributed by atoms with E-state index in [1.807, 2.05) is 18.2 Å². The van der Waals surface area contributed by atoms with Crippen LogP contribution in [0.4, 0.5) is 0 Å². The molecular formula is C16H26N2O3. The first kappa shape index (κ1) is 17.3. The normalized spacial score (nSPS) is 11.1. The largest absolute Gasteiger partial charge is 0.497 e. The van der Waals surface area contributed by atoms with Crippen LogP contribution < -0.4 is 20.7 Å². The number of hydrogen-bond donors (Lipinski definition) is 2. The minimum absolute atomic E-state index is 0.0245. The molecule has 1 aromatic rings. The van der Waals surface area contributed by atoms with E-state index >= 15 is 0 Å². The van der Waals surface area contributed by atoms with E-state index in [9.17, 15) is 4.79 Å². The zero-order chi connectivity index (χ0) is 15.9. The summed E-state index contributed by atoms with van der Waals surface area (Å²) in [6, 6.07) is 5.84. The number of hydrogen-bond acceptors (Lipinski definition) is 4. The number of amides is 1. The average Bonchev–Trinajstić information content (AvgIpc) is 2.45. The molecule has 118 valence electrons. The summed E-state index contributed by atoms with van der Waals surface area (Å²) in [6.45, 7) is 6.99. The van der Waals surface area contributed by atoms with Crippen LogP contribution in [-0.2, 0) is 10.2 Å². The van der Waals surface area contributed by atoms with Crippen molar-refractivity contribution in [1.82, 2.24) is 5.43 Å². The number of nitrogens with two attached hydrogens (primary N) is 1. The Hall–Kier alpha value is -1.75. The molecule has 0 aliphatic heterocycles. The molecule has 0 aliphatic carbocycles. The molecular weight excluding hydrogens is 268 g/mol. The third-order valence-corrected chi connectivity index (χ3v) is 3.21. The molecule has 1 amide bonds. The molecule has 0 saturated heterocycles. The van der Waals surface area contributed by atoms with Crippen LogP contribution in [0.1, 0.15) is 45.6 Å². The van der Waals surface area contributed by atoms with Gasteiger partial charge in [0.05, 0.1) is 13.7 Å². The van der Waals surface area contributed by atoms with Crippen LogP contribution in [-0.4, -0.2) is 19.6 Å². The van der Waals surface area contributed by atoms with Crippen molar-refractivity contribution in [1.29, 1.82) is 0 Å². The van der Waals surface area contributed by atoms with Crippen molar-refractivity contribution in [3.63, 3.8) is 0 Å². The van der Waals surface area contributed by atoms with Gasteiger partial charge in [-0.15, -0.1) is 0 Å². The van der Waals surface area contributed by atoms with Gasteiger partial charge in [-0.05, 0) is 36.5 Å². The molecule has 0 aliphatic rings. The van der Waals surface area contributed by atoms with E-state index in [0.29, 0.717) is 13.0 Å². The number of ether oxygens (including phenoxy) is 2. The Morgan fingerprint density at radius 3 is 2.57 bits per heavy atom. The van der Waals surface area contributed by atoms with Crippen molar-refractivity contribution in [2.75, 3.05) is 13.7 Å². The third-order valence-electron chi connectivity index (χ3n) is 3.21. The van der Waals surface area contributed by atoms with E-state index in [-0.39, 0.29) is 11.3 Å². The predicted octanol–water partition coefficient (Wildman–Crippen LogP) is 2.53. The number of carbonyl (C=O) groups excluding carboxylic acids is 1. The Morgan fingerprint density at radius 2 is 2.00 bits per heavy atom. The Labute approximate surface area is 126 Å². The molecule has 1 aromatic carbocycles. The fraction of sp³-hybridized carbons (Fsp3) is 0.562. The van der Waals surface area contributed by atoms with Crippen LogP contribution in [0.2, 0.25) is 0 Å². The van der Waals surface area contributed by atoms with Crippen LogP contribution in [0, 0.1) is 0 Å². The number of rotatable bonds is 7. The highest BCUT2D eigenvalue weighted by molar-refractivity contribution is 5.75. The summed E-state index contributed by atoms with van der Waals surface area (Å²) >= 11 is 0. The van der Waals surface area contributed by atoms with Gasteiger partial charge in [-0.3, -0.25) is 10.2 Å². The van der Waals surface area contributed by atoms with Crippen molar-refractivity contribution >= 4 is 5.91 Å². The van der Waals surface area contributed by atoms with Crippen molar-refractivity contribution < 1.29 is 14.3 Å². The van der Waals surface area contributed by atoms with Gasteiger partial charge in [0.1, 0.15) is 11.5 Å². The lowest BCUT2D eigenvalue weighted by Crippen LogP contribution is -2.29. The molecule has 0 aromatic heterocycles. The molecule has 5 heteroatoms. The maximum atomic E-state index is 11.0. The SMILES string of the molecule is COc1ccc(OCCCCC(=O)NN)c(C(C)(C)C)c1. The van der Waals surface area contributed by atoms with Crippen LogP contribution in [0.3, 0.4) is 0 Å². The number of nitrogens with one attached hydrogen (secondary N) is 1. The summed E-state index contributed by atoms with van der Waals surface area (Å²) in [5.74, 6) is 6.58. The molecule has 3 N–H and O–H groups in total. The molecule has 0 saturated carbocycles. The van der Waals surface area contributed by atoms with Gasteiger partial charge >= 0.3 is 0 Å². The first-order valence-electron chi connectivity index (χ1n) is 7.19. The highest BCUT2D eigenvalue weighted by atomic mass is 16.5. The second-order valence-corrected chi connectivity index (χ2v) is 5.99. The molecule has 1 rings (SSSR count). The molecule has 0 radical (unpaired) electrons. The molecule has 5 nitrogen and oxygen atoms in total. The summed E-state index contributed by atoms with van der Waals surface area (Å²) < 4.78 is 11.1. The molecule has 0 spiro atoms. The van der Waals surface area contributed by atoms with Gasteiger partial charge in [0, 0.05) is 12.0 Å². The number of benzene rings is 1. The quantitative estimate of drug-likeness (QED) is 0.351. The van der Waals surface area contributed by atoms with E-state index in [2.05, 4.69) is 26.2 Å². The number of hydrazine groups is 1. The van der Waals surface area contributed by atoms with Gasteiger partial charge in [0.2, 0.25) is 5.91 Å². The highest BCUT2D eigenvalue weighted by Crippen LogP contribution is 2.34. The fourth-order valence-corrected chi connectivity index (χ4v) is 1.99. The lowest BCUT2D eigenvalue weighted by molar-refractivity contribution is -0.121. The maximum Gasteiger partial charge on any atom is 0.233 e. The van der Waals surface area contributed by atoms with Gasteiger partial charge in [0.25, 0.3) is 0 Å². The second-order valence-electron chi connectivity index (χ2n) is 5.99. The molecule has 0 heterocycles.